The quantitative estimate of drug-likeness (QED) is 0.737. The van der Waals surface area contributed by atoms with E-state index in [1.807, 2.05) is 55.1 Å². The number of benzene rings is 1. The first-order valence-corrected chi connectivity index (χ1v) is 11.0. The molecule has 1 unspecified atom stereocenters. The van der Waals surface area contributed by atoms with Gasteiger partial charge in [0, 0.05) is 40.3 Å². The Labute approximate surface area is 175 Å². The third kappa shape index (κ3) is 5.72. The van der Waals surface area contributed by atoms with E-state index >= 15 is 0 Å². The maximum Gasteiger partial charge on any atom is 0.319 e. The lowest BCUT2D eigenvalue weighted by Crippen LogP contribution is -2.50. The van der Waals surface area contributed by atoms with E-state index in [9.17, 15) is 9.59 Å². The van der Waals surface area contributed by atoms with Gasteiger partial charge in [-0.25, -0.2) is 4.79 Å². The fourth-order valence-corrected chi connectivity index (χ4v) is 4.43. The van der Waals surface area contributed by atoms with Crippen molar-refractivity contribution in [2.75, 3.05) is 53.4 Å². The van der Waals surface area contributed by atoms with Crippen molar-refractivity contribution >= 4 is 11.9 Å². The van der Waals surface area contributed by atoms with Gasteiger partial charge in [-0.1, -0.05) is 30.7 Å². The van der Waals surface area contributed by atoms with Crippen molar-refractivity contribution in [3.63, 3.8) is 0 Å². The van der Waals surface area contributed by atoms with Crippen LogP contribution in [0.2, 0.25) is 0 Å². The van der Waals surface area contributed by atoms with Crippen molar-refractivity contribution in [2.45, 2.75) is 45.1 Å². The lowest BCUT2D eigenvalue weighted by molar-refractivity contribution is -0.129. The molecule has 2 heterocycles. The summed E-state index contributed by atoms with van der Waals surface area (Å²) in [7, 11) is 3.62. The molecule has 6 heteroatoms. The summed E-state index contributed by atoms with van der Waals surface area (Å²) in [4.78, 5) is 33.8. The first kappa shape index (κ1) is 21.6. The van der Waals surface area contributed by atoms with E-state index in [1.165, 1.54) is 19.3 Å². The highest BCUT2D eigenvalue weighted by atomic mass is 16.2. The Balaban J connectivity index is 1.59. The highest BCUT2D eigenvalue weighted by molar-refractivity contribution is 5.80. The highest BCUT2D eigenvalue weighted by Crippen LogP contribution is 2.19. The van der Waals surface area contributed by atoms with Crippen LogP contribution >= 0.6 is 0 Å². The number of likely N-dealkylation sites (tertiary alicyclic amines) is 2. The molecular formula is C23H36N4O2. The number of nitrogens with zero attached hydrogens (tertiary/aromatic N) is 4. The molecule has 0 N–H and O–H groups in total. The third-order valence-corrected chi connectivity index (χ3v) is 6.29. The van der Waals surface area contributed by atoms with Crippen molar-refractivity contribution in [2.24, 2.45) is 0 Å². The molecule has 6 nitrogen and oxygen atoms in total. The van der Waals surface area contributed by atoms with Crippen LogP contribution in [0.5, 0.6) is 0 Å². The lowest BCUT2D eigenvalue weighted by Gasteiger charge is -2.34. The number of rotatable bonds is 6. The molecule has 3 amide bonds. The van der Waals surface area contributed by atoms with Crippen LogP contribution in [0.4, 0.5) is 4.79 Å². The highest BCUT2D eigenvalue weighted by Gasteiger charge is 2.33. The number of carbonyl (C=O) groups is 2. The molecule has 2 aliphatic heterocycles. The average Bonchev–Trinajstić information content (AvgIpc) is 3.20. The molecule has 0 aliphatic carbocycles. The zero-order valence-electron chi connectivity index (χ0n) is 18.3. The van der Waals surface area contributed by atoms with E-state index in [0.717, 1.165) is 50.3 Å². The molecular weight excluding hydrogens is 364 g/mol. The van der Waals surface area contributed by atoms with E-state index in [1.54, 1.807) is 4.90 Å². The molecule has 0 bridgehead atoms. The van der Waals surface area contributed by atoms with Crippen molar-refractivity contribution < 1.29 is 9.59 Å². The summed E-state index contributed by atoms with van der Waals surface area (Å²) in [5.41, 5.74) is 2.25. The average molecular weight is 401 g/mol. The van der Waals surface area contributed by atoms with E-state index in [4.69, 9.17) is 0 Å². The van der Waals surface area contributed by atoms with Gasteiger partial charge in [-0.05, 0) is 50.4 Å². The number of hydrogen-bond donors (Lipinski definition) is 0. The Morgan fingerprint density at radius 3 is 2.48 bits per heavy atom. The predicted octanol–water partition coefficient (Wildman–Crippen LogP) is 2.61. The zero-order chi connectivity index (χ0) is 20.8. The normalized spacial score (nSPS) is 20.0. The minimum absolute atomic E-state index is 0.0558. The van der Waals surface area contributed by atoms with Crippen LogP contribution in [0.1, 0.15) is 36.8 Å². The molecule has 2 aliphatic rings. The summed E-state index contributed by atoms with van der Waals surface area (Å²) in [6, 6.07) is 8.23. The van der Waals surface area contributed by atoms with Crippen LogP contribution in [-0.4, -0.2) is 90.9 Å². The van der Waals surface area contributed by atoms with Gasteiger partial charge in [0.05, 0.1) is 12.5 Å². The Morgan fingerprint density at radius 1 is 1.07 bits per heavy atom. The van der Waals surface area contributed by atoms with Gasteiger partial charge in [-0.3, -0.25) is 4.79 Å². The Hall–Kier alpha value is -2.08. The van der Waals surface area contributed by atoms with Crippen molar-refractivity contribution in [1.82, 2.24) is 19.6 Å². The second-order valence-electron chi connectivity index (χ2n) is 8.66. The molecule has 0 aromatic heterocycles. The molecule has 0 spiro atoms. The van der Waals surface area contributed by atoms with Gasteiger partial charge in [0.25, 0.3) is 0 Å². The fourth-order valence-electron chi connectivity index (χ4n) is 4.43. The van der Waals surface area contributed by atoms with Crippen LogP contribution in [0.15, 0.2) is 24.3 Å². The number of hydrogen-bond acceptors (Lipinski definition) is 3. The topological polar surface area (TPSA) is 47.1 Å². The molecule has 1 atom stereocenters. The molecule has 29 heavy (non-hydrogen) atoms. The van der Waals surface area contributed by atoms with Crippen molar-refractivity contribution in [1.29, 1.82) is 0 Å². The fraction of sp³-hybridized carbons (Fsp3) is 0.652. The van der Waals surface area contributed by atoms with Crippen LogP contribution in [-0.2, 0) is 11.2 Å². The minimum Gasteiger partial charge on any atom is -0.340 e. The largest absolute Gasteiger partial charge is 0.340 e. The predicted molar refractivity (Wildman–Crippen MR) is 116 cm³/mol. The van der Waals surface area contributed by atoms with Crippen LogP contribution in [0, 0.1) is 6.92 Å². The van der Waals surface area contributed by atoms with E-state index in [0.29, 0.717) is 13.0 Å². The van der Waals surface area contributed by atoms with Gasteiger partial charge in [0.1, 0.15) is 0 Å². The van der Waals surface area contributed by atoms with E-state index in [2.05, 4.69) is 4.90 Å². The second-order valence-corrected chi connectivity index (χ2v) is 8.66. The summed E-state index contributed by atoms with van der Waals surface area (Å²) in [6.07, 6.45) is 5.13. The molecule has 0 saturated carbocycles. The number of urea groups is 1. The third-order valence-electron chi connectivity index (χ3n) is 6.29. The van der Waals surface area contributed by atoms with Crippen molar-refractivity contribution in [3.05, 3.63) is 35.4 Å². The second kappa shape index (κ2) is 10.1. The summed E-state index contributed by atoms with van der Waals surface area (Å²) in [5, 5.41) is 0. The molecule has 1 aromatic carbocycles. The molecule has 3 rings (SSSR count). The number of amides is 3. The zero-order valence-corrected chi connectivity index (χ0v) is 18.3. The number of piperidine rings is 1. The van der Waals surface area contributed by atoms with E-state index in [-0.39, 0.29) is 18.0 Å². The lowest BCUT2D eigenvalue weighted by atomic mass is 10.1. The van der Waals surface area contributed by atoms with Crippen LogP contribution in [0.25, 0.3) is 0 Å². The van der Waals surface area contributed by atoms with E-state index < -0.39 is 0 Å². The molecule has 0 radical (unpaired) electrons. The monoisotopic (exact) mass is 400 g/mol. The van der Waals surface area contributed by atoms with Gasteiger partial charge in [0.2, 0.25) is 5.91 Å². The summed E-state index contributed by atoms with van der Waals surface area (Å²) < 4.78 is 0. The standard InChI is InChI=1S/C23H36N4O2/c1-19-9-5-6-10-20(19)17-22(28)26-14-11-21(18-26)27(23(29)24(2)3)16-15-25-12-7-4-8-13-25/h5-6,9-10,21H,4,7-8,11-18H2,1-3H3. The molecule has 160 valence electrons. The summed E-state index contributed by atoms with van der Waals surface area (Å²) >= 11 is 0. The van der Waals surface area contributed by atoms with Crippen molar-refractivity contribution in [3.8, 4) is 0 Å². The number of carbonyl (C=O) groups excluding carboxylic acids is 2. The molecule has 2 fully saturated rings. The Kier molecular flexibility index (Phi) is 7.53. The molecule has 2 saturated heterocycles. The summed E-state index contributed by atoms with van der Waals surface area (Å²) in [5.74, 6) is 0.162. The molecule has 1 aromatic rings. The Morgan fingerprint density at radius 2 is 1.79 bits per heavy atom. The smallest absolute Gasteiger partial charge is 0.319 e. The number of aryl methyl sites for hydroxylation is 1. The first-order valence-electron chi connectivity index (χ1n) is 11.0. The van der Waals surface area contributed by atoms with Gasteiger partial charge in [-0.2, -0.15) is 0 Å². The maximum atomic E-state index is 12.8. The summed E-state index contributed by atoms with van der Waals surface area (Å²) in [6.45, 7) is 7.36. The van der Waals surface area contributed by atoms with Crippen LogP contribution in [0.3, 0.4) is 0 Å². The maximum absolute atomic E-state index is 12.8. The van der Waals surface area contributed by atoms with Gasteiger partial charge >= 0.3 is 6.03 Å². The first-order chi connectivity index (χ1) is 14.0. The van der Waals surface area contributed by atoms with Gasteiger partial charge < -0.3 is 19.6 Å². The van der Waals surface area contributed by atoms with Crippen LogP contribution < -0.4 is 0 Å². The minimum atomic E-state index is 0.0558. The SMILES string of the molecule is Cc1ccccc1CC(=O)N1CCC(N(CCN2CCCCC2)C(=O)N(C)C)C1. The Bertz CT molecular complexity index is 700. The van der Waals surface area contributed by atoms with Gasteiger partial charge in [-0.15, -0.1) is 0 Å². The van der Waals surface area contributed by atoms with Gasteiger partial charge in [0.15, 0.2) is 0 Å².